The molecule has 0 spiro atoms. The molecule has 0 unspecified atom stereocenters. The van der Waals surface area contributed by atoms with Crippen molar-refractivity contribution in [2.45, 2.75) is 33.1 Å². The van der Waals surface area contributed by atoms with Crippen molar-refractivity contribution in [2.75, 3.05) is 18.5 Å². The van der Waals surface area contributed by atoms with E-state index in [9.17, 15) is 4.79 Å². The molecule has 0 amide bonds. The van der Waals surface area contributed by atoms with E-state index in [-0.39, 0.29) is 5.78 Å². The minimum atomic E-state index is 0.0158. The van der Waals surface area contributed by atoms with Gasteiger partial charge in [-0.05, 0) is 43.9 Å². The Labute approximate surface area is 114 Å². The number of benzene rings is 1. The Bertz CT molecular complexity index is 476. The number of piperidine rings is 1. The average Bonchev–Trinajstić information content (AvgIpc) is 2.40. The summed E-state index contributed by atoms with van der Waals surface area (Å²) in [5.74, 6) is 0.559. The summed E-state index contributed by atoms with van der Waals surface area (Å²) < 4.78 is 0. The first kappa shape index (κ1) is 13.6. The lowest BCUT2D eigenvalue weighted by molar-refractivity contribution is -0.111. The molecule has 1 saturated heterocycles. The molecule has 1 aromatic carbocycles. The van der Waals surface area contributed by atoms with Crippen molar-refractivity contribution in [2.24, 2.45) is 5.10 Å². The Balaban J connectivity index is 2.10. The van der Waals surface area contributed by atoms with Crippen LogP contribution in [0.15, 0.2) is 29.4 Å². The molecule has 1 N–H and O–H groups in total. The fourth-order valence-electron chi connectivity index (χ4n) is 2.31. The predicted molar refractivity (Wildman–Crippen MR) is 78.3 cm³/mol. The second kappa shape index (κ2) is 6.36. The van der Waals surface area contributed by atoms with Crippen LogP contribution in [-0.4, -0.2) is 29.6 Å². The number of nitrogens with zero attached hydrogens (tertiary/aromatic N) is 2. The van der Waals surface area contributed by atoms with Gasteiger partial charge in [-0.2, -0.15) is 5.10 Å². The van der Waals surface area contributed by atoms with Gasteiger partial charge >= 0.3 is 0 Å². The van der Waals surface area contributed by atoms with Crippen LogP contribution in [0.3, 0.4) is 0 Å². The molecule has 1 aliphatic rings. The Morgan fingerprint density at radius 2 is 2.00 bits per heavy atom. The van der Waals surface area contributed by atoms with Crippen molar-refractivity contribution >= 4 is 17.3 Å². The topological polar surface area (TPSA) is 44.7 Å². The quantitative estimate of drug-likeness (QED) is 0.516. The third kappa shape index (κ3) is 3.81. The first-order valence-corrected chi connectivity index (χ1v) is 6.83. The number of nitrogens with one attached hydrogen (secondary N) is 1. The van der Waals surface area contributed by atoms with Crippen LogP contribution < -0.4 is 5.43 Å². The van der Waals surface area contributed by atoms with Gasteiger partial charge in [-0.3, -0.25) is 10.2 Å². The van der Waals surface area contributed by atoms with Gasteiger partial charge in [0.1, 0.15) is 0 Å². The molecule has 19 heavy (non-hydrogen) atoms. The summed E-state index contributed by atoms with van der Waals surface area (Å²) >= 11 is 0. The van der Waals surface area contributed by atoms with Crippen LogP contribution in [-0.2, 0) is 4.79 Å². The smallest absolute Gasteiger partial charge is 0.196 e. The number of aryl methyl sites for hydroxylation is 1. The van der Waals surface area contributed by atoms with Gasteiger partial charge in [0.25, 0.3) is 0 Å². The maximum Gasteiger partial charge on any atom is 0.196 e. The van der Waals surface area contributed by atoms with E-state index < -0.39 is 0 Å². The van der Waals surface area contributed by atoms with Crippen molar-refractivity contribution in [3.8, 4) is 0 Å². The van der Waals surface area contributed by atoms with E-state index in [1.54, 1.807) is 6.92 Å². The largest absolute Gasteiger partial charge is 0.352 e. The normalized spacial score (nSPS) is 16.3. The molecule has 0 aromatic heterocycles. The van der Waals surface area contributed by atoms with Crippen molar-refractivity contribution in [1.29, 1.82) is 0 Å². The van der Waals surface area contributed by atoms with E-state index in [1.165, 1.54) is 12.0 Å². The molecule has 1 fully saturated rings. The summed E-state index contributed by atoms with van der Waals surface area (Å²) in [6.07, 6.45) is 3.51. The molecule has 4 nitrogen and oxygen atoms in total. The molecular formula is C15H21N3O. The van der Waals surface area contributed by atoms with Gasteiger partial charge in [0.15, 0.2) is 11.6 Å². The number of rotatable bonds is 3. The Morgan fingerprint density at radius 3 is 2.63 bits per heavy atom. The minimum Gasteiger partial charge on any atom is -0.352 e. The molecule has 0 saturated carbocycles. The van der Waals surface area contributed by atoms with Crippen LogP contribution >= 0.6 is 0 Å². The highest BCUT2D eigenvalue weighted by atomic mass is 16.1. The zero-order chi connectivity index (χ0) is 13.7. The molecule has 2 rings (SSSR count). The fraction of sp³-hybridized carbons (Fsp3) is 0.467. The molecule has 1 aliphatic heterocycles. The lowest BCUT2D eigenvalue weighted by Crippen LogP contribution is -2.39. The number of amidine groups is 1. The molecule has 0 radical (unpaired) electrons. The lowest BCUT2D eigenvalue weighted by atomic mass is 10.1. The molecule has 0 atom stereocenters. The van der Waals surface area contributed by atoms with E-state index >= 15 is 0 Å². The first-order valence-electron chi connectivity index (χ1n) is 6.83. The summed E-state index contributed by atoms with van der Waals surface area (Å²) in [5, 5.41) is 4.30. The maximum absolute atomic E-state index is 11.7. The standard InChI is InChI=1S/C15H21N3O/c1-12-7-6-8-14(11-12)16-17-15(13(2)19)18-9-4-3-5-10-18/h6-8,11,16H,3-5,9-10H2,1-2H3/b17-15+. The number of hydrogen-bond acceptors (Lipinski definition) is 3. The van der Waals surface area contributed by atoms with Crippen LogP contribution in [0.25, 0.3) is 0 Å². The molecule has 4 heteroatoms. The van der Waals surface area contributed by atoms with Crippen molar-refractivity contribution in [1.82, 2.24) is 4.90 Å². The number of hydrogen-bond donors (Lipinski definition) is 1. The van der Waals surface area contributed by atoms with Gasteiger partial charge in [0.2, 0.25) is 0 Å². The van der Waals surface area contributed by atoms with Crippen molar-refractivity contribution in [3.63, 3.8) is 0 Å². The van der Waals surface area contributed by atoms with Gasteiger partial charge in [0, 0.05) is 20.0 Å². The summed E-state index contributed by atoms with van der Waals surface area (Å²) in [6, 6.07) is 7.97. The van der Waals surface area contributed by atoms with E-state index in [2.05, 4.69) is 15.4 Å². The highest BCUT2D eigenvalue weighted by Gasteiger charge is 2.18. The van der Waals surface area contributed by atoms with Crippen molar-refractivity contribution in [3.05, 3.63) is 29.8 Å². The van der Waals surface area contributed by atoms with E-state index in [0.29, 0.717) is 5.84 Å². The van der Waals surface area contributed by atoms with Gasteiger partial charge in [-0.1, -0.05) is 12.1 Å². The number of anilines is 1. The summed E-state index contributed by atoms with van der Waals surface area (Å²) in [4.78, 5) is 13.8. The van der Waals surface area contributed by atoms with Crippen LogP contribution in [0.1, 0.15) is 31.7 Å². The lowest BCUT2D eigenvalue weighted by Gasteiger charge is -2.28. The van der Waals surface area contributed by atoms with Gasteiger partial charge in [0.05, 0.1) is 5.69 Å². The Hall–Kier alpha value is -1.84. The second-order valence-corrected chi connectivity index (χ2v) is 5.02. The average molecular weight is 259 g/mol. The molecule has 1 heterocycles. The number of Topliss-reactive ketones (excluding diaryl/α,β-unsaturated/α-hetero) is 1. The zero-order valence-corrected chi connectivity index (χ0v) is 11.6. The third-order valence-electron chi connectivity index (χ3n) is 3.28. The van der Waals surface area contributed by atoms with E-state index in [1.807, 2.05) is 31.2 Å². The van der Waals surface area contributed by atoms with Crippen LogP contribution in [0.4, 0.5) is 5.69 Å². The summed E-state index contributed by atoms with van der Waals surface area (Å²) in [5.41, 5.74) is 5.07. The molecule has 0 aliphatic carbocycles. The Kier molecular flexibility index (Phi) is 4.55. The van der Waals surface area contributed by atoms with Crippen LogP contribution in [0.2, 0.25) is 0 Å². The molecule has 0 bridgehead atoms. The summed E-state index contributed by atoms with van der Waals surface area (Å²) in [6.45, 7) is 5.46. The first-order chi connectivity index (χ1) is 9.16. The SMILES string of the molecule is CC(=O)/C(=N\Nc1cccc(C)c1)N1CCCCC1. The zero-order valence-electron chi connectivity index (χ0n) is 11.6. The van der Waals surface area contributed by atoms with Gasteiger partial charge < -0.3 is 4.90 Å². The fourth-order valence-corrected chi connectivity index (χ4v) is 2.31. The molecule has 102 valence electrons. The third-order valence-corrected chi connectivity index (χ3v) is 3.28. The molecular weight excluding hydrogens is 238 g/mol. The van der Waals surface area contributed by atoms with Crippen LogP contribution in [0.5, 0.6) is 0 Å². The predicted octanol–water partition coefficient (Wildman–Crippen LogP) is 2.80. The maximum atomic E-state index is 11.7. The number of carbonyl (C=O) groups is 1. The van der Waals surface area contributed by atoms with Gasteiger partial charge in [-0.25, -0.2) is 0 Å². The summed E-state index contributed by atoms with van der Waals surface area (Å²) in [7, 11) is 0. The van der Waals surface area contributed by atoms with Crippen molar-refractivity contribution < 1.29 is 4.79 Å². The van der Waals surface area contributed by atoms with E-state index in [0.717, 1.165) is 31.6 Å². The Morgan fingerprint density at radius 1 is 1.26 bits per heavy atom. The molecule has 1 aromatic rings. The minimum absolute atomic E-state index is 0.0158. The van der Waals surface area contributed by atoms with Crippen LogP contribution in [0, 0.1) is 6.92 Å². The van der Waals surface area contributed by atoms with Gasteiger partial charge in [-0.15, -0.1) is 0 Å². The second-order valence-electron chi connectivity index (χ2n) is 5.02. The number of likely N-dealkylation sites (tertiary alicyclic amines) is 1. The van der Waals surface area contributed by atoms with E-state index in [4.69, 9.17) is 0 Å². The number of ketones is 1. The number of carbonyl (C=O) groups excluding carboxylic acids is 1. The highest BCUT2D eigenvalue weighted by Crippen LogP contribution is 2.12. The highest BCUT2D eigenvalue weighted by molar-refractivity contribution is 6.37. The number of hydrazone groups is 1. The monoisotopic (exact) mass is 259 g/mol.